The third-order valence-electron chi connectivity index (χ3n) is 4.96. The minimum absolute atomic E-state index is 0.129. The summed E-state index contributed by atoms with van der Waals surface area (Å²) < 4.78 is 12.7. The molecule has 8 nitrogen and oxygen atoms in total. The second-order valence-corrected chi connectivity index (χ2v) is 7.43. The zero-order chi connectivity index (χ0) is 21.8. The number of methoxy groups -OCH3 is 2. The molecule has 0 unspecified atom stereocenters. The van der Waals surface area contributed by atoms with Gasteiger partial charge in [0.15, 0.2) is 17.2 Å². The third-order valence-corrected chi connectivity index (χ3v) is 4.96. The normalized spacial score (nSPS) is 13.5. The molecule has 3 rings (SSSR count). The quantitative estimate of drug-likeness (QED) is 0.735. The number of hydrogen-bond acceptors (Lipinski definition) is 5. The molecule has 1 aromatic carbocycles. The van der Waals surface area contributed by atoms with E-state index in [4.69, 9.17) is 9.47 Å². The summed E-state index contributed by atoms with van der Waals surface area (Å²) in [6, 6.07) is 5.12. The Morgan fingerprint density at radius 1 is 1.13 bits per heavy atom. The van der Waals surface area contributed by atoms with Crippen molar-refractivity contribution in [3.05, 3.63) is 47.3 Å². The number of anilines is 1. The average molecular weight is 412 g/mol. The zero-order valence-corrected chi connectivity index (χ0v) is 18.1. The van der Waals surface area contributed by atoms with E-state index in [2.05, 4.69) is 16.5 Å². The van der Waals surface area contributed by atoms with E-state index in [1.807, 2.05) is 26.8 Å². The molecule has 160 valence electrons. The van der Waals surface area contributed by atoms with Gasteiger partial charge in [0.1, 0.15) is 0 Å². The van der Waals surface area contributed by atoms with Crippen LogP contribution in [0.3, 0.4) is 0 Å². The number of ether oxygens (including phenoxy) is 2. The molecule has 0 atom stereocenters. The summed E-state index contributed by atoms with van der Waals surface area (Å²) >= 11 is 0. The van der Waals surface area contributed by atoms with Gasteiger partial charge in [0.05, 0.1) is 19.9 Å². The number of nitrogens with one attached hydrogen (secondary N) is 1. The Bertz CT molecular complexity index is 978. The van der Waals surface area contributed by atoms with Gasteiger partial charge in [0.2, 0.25) is 0 Å². The summed E-state index contributed by atoms with van der Waals surface area (Å²) in [5.41, 5.74) is 1.96. The number of nitrogens with zero attached hydrogens (tertiary/aromatic N) is 3. The van der Waals surface area contributed by atoms with Crippen molar-refractivity contribution < 1.29 is 19.1 Å². The molecule has 0 fully saturated rings. The van der Waals surface area contributed by atoms with Crippen LogP contribution in [0.5, 0.6) is 11.5 Å². The summed E-state index contributed by atoms with van der Waals surface area (Å²) in [6.45, 7) is 7.11. The van der Waals surface area contributed by atoms with E-state index in [0.717, 1.165) is 12.1 Å². The first-order valence-electron chi connectivity index (χ1n) is 9.93. The van der Waals surface area contributed by atoms with Crippen LogP contribution in [0.1, 0.15) is 52.9 Å². The van der Waals surface area contributed by atoms with E-state index in [1.165, 1.54) is 14.2 Å². The predicted octanol–water partition coefficient (Wildman–Crippen LogP) is 3.44. The Kier molecular flexibility index (Phi) is 6.44. The van der Waals surface area contributed by atoms with Crippen molar-refractivity contribution in [3.63, 3.8) is 0 Å². The Labute approximate surface area is 176 Å². The fourth-order valence-corrected chi connectivity index (χ4v) is 3.50. The first-order chi connectivity index (χ1) is 14.3. The number of hydrogen-bond donors (Lipinski definition) is 1. The average Bonchev–Trinajstić information content (AvgIpc) is 3.15. The highest BCUT2D eigenvalue weighted by molar-refractivity contribution is 6.05. The lowest BCUT2D eigenvalue weighted by Gasteiger charge is -2.24. The lowest BCUT2D eigenvalue weighted by Crippen LogP contribution is -2.33. The summed E-state index contributed by atoms with van der Waals surface area (Å²) in [5, 5.41) is 7.21. The first-order valence-corrected chi connectivity index (χ1v) is 9.93. The monoisotopic (exact) mass is 412 g/mol. The van der Waals surface area contributed by atoms with Gasteiger partial charge in [-0.25, -0.2) is 0 Å². The Balaban J connectivity index is 1.94. The van der Waals surface area contributed by atoms with Crippen molar-refractivity contribution in [2.45, 2.75) is 33.2 Å². The molecular formula is C22H28N4O4. The maximum atomic E-state index is 13.0. The second kappa shape index (κ2) is 9.02. The third kappa shape index (κ3) is 4.32. The van der Waals surface area contributed by atoms with E-state index >= 15 is 0 Å². The molecule has 0 saturated carbocycles. The van der Waals surface area contributed by atoms with Gasteiger partial charge >= 0.3 is 0 Å². The zero-order valence-electron chi connectivity index (χ0n) is 18.1. The topological polar surface area (TPSA) is 85.7 Å². The molecule has 0 bridgehead atoms. The fraction of sp³-hybridized carbons (Fsp3) is 0.409. The number of rotatable bonds is 6. The highest BCUT2D eigenvalue weighted by atomic mass is 16.5. The van der Waals surface area contributed by atoms with Crippen LogP contribution in [-0.4, -0.2) is 53.8 Å². The summed E-state index contributed by atoms with van der Waals surface area (Å²) in [5.74, 6) is 0.204. The molecule has 1 aromatic heterocycles. The molecule has 1 aliphatic rings. The van der Waals surface area contributed by atoms with Crippen LogP contribution in [0, 0.1) is 6.92 Å². The molecule has 2 heterocycles. The van der Waals surface area contributed by atoms with E-state index < -0.39 is 0 Å². The molecule has 0 aliphatic carbocycles. The van der Waals surface area contributed by atoms with Gasteiger partial charge in [-0.3, -0.25) is 14.3 Å². The molecule has 0 radical (unpaired) electrons. The Hall–Kier alpha value is -3.29. The molecule has 8 heteroatoms. The van der Waals surface area contributed by atoms with Gasteiger partial charge in [-0.1, -0.05) is 12.2 Å². The van der Waals surface area contributed by atoms with Crippen molar-refractivity contribution in [2.24, 2.45) is 0 Å². The van der Waals surface area contributed by atoms with E-state index in [1.54, 1.807) is 27.8 Å². The van der Waals surface area contributed by atoms with Crippen LogP contribution >= 0.6 is 0 Å². The number of benzene rings is 1. The summed E-state index contributed by atoms with van der Waals surface area (Å²) in [7, 11) is 2.98. The van der Waals surface area contributed by atoms with E-state index in [9.17, 15) is 9.59 Å². The second-order valence-electron chi connectivity index (χ2n) is 7.43. The molecule has 2 amide bonds. The van der Waals surface area contributed by atoms with Crippen LogP contribution in [0.2, 0.25) is 0 Å². The van der Waals surface area contributed by atoms with Crippen molar-refractivity contribution in [1.82, 2.24) is 14.7 Å². The maximum Gasteiger partial charge on any atom is 0.276 e. The Morgan fingerprint density at radius 3 is 2.47 bits per heavy atom. The van der Waals surface area contributed by atoms with Crippen molar-refractivity contribution >= 4 is 17.5 Å². The SMILES string of the molecule is COc1cc(C(=O)N2CC=CCC2)cc(NC(=O)c2cc(C)n(C(C)C)n2)c1OC. The predicted molar refractivity (Wildman–Crippen MR) is 115 cm³/mol. The minimum Gasteiger partial charge on any atom is -0.493 e. The van der Waals surface area contributed by atoms with Gasteiger partial charge in [-0.2, -0.15) is 5.10 Å². The van der Waals surface area contributed by atoms with Crippen LogP contribution in [0.25, 0.3) is 0 Å². The smallest absolute Gasteiger partial charge is 0.276 e. The van der Waals surface area contributed by atoms with Crippen LogP contribution in [-0.2, 0) is 0 Å². The Morgan fingerprint density at radius 2 is 1.90 bits per heavy atom. The highest BCUT2D eigenvalue weighted by Gasteiger charge is 2.23. The molecule has 1 aliphatic heterocycles. The number of aromatic nitrogens is 2. The van der Waals surface area contributed by atoms with Gasteiger partial charge in [0, 0.05) is 30.4 Å². The summed E-state index contributed by atoms with van der Waals surface area (Å²) in [6.07, 6.45) is 4.85. The standard InChI is InChI=1S/C22H28N4O4/c1-14(2)26-15(3)11-18(24-26)21(27)23-17-12-16(13-19(29-4)20(17)30-5)22(28)25-9-7-6-8-10-25/h6-7,11-14H,8-10H2,1-5H3,(H,23,27). The molecular weight excluding hydrogens is 384 g/mol. The largest absolute Gasteiger partial charge is 0.493 e. The molecule has 2 aromatic rings. The number of aryl methyl sites for hydroxylation is 1. The van der Waals surface area contributed by atoms with Crippen molar-refractivity contribution in [1.29, 1.82) is 0 Å². The lowest BCUT2D eigenvalue weighted by molar-refractivity contribution is 0.0770. The number of carbonyl (C=O) groups excluding carboxylic acids is 2. The van der Waals surface area contributed by atoms with Crippen LogP contribution in [0.15, 0.2) is 30.4 Å². The van der Waals surface area contributed by atoms with Crippen LogP contribution < -0.4 is 14.8 Å². The summed E-state index contributed by atoms with van der Waals surface area (Å²) in [4.78, 5) is 27.6. The van der Waals surface area contributed by atoms with E-state index in [-0.39, 0.29) is 17.9 Å². The van der Waals surface area contributed by atoms with Crippen LogP contribution in [0.4, 0.5) is 5.69 Å². The fourth-order valence-electron chi connectivity index (χ4n) is 3.50. The van der Waals surface area contributed by atoms with E-state index in [0.29, 0.717) is 41.5 Å². The van der Waals surface area contributed by atoms with Gasteiger partial charge < -0.3 is 19.7 Å². The van der Waals surface area contributed by atoms with Crippen molar-refractivity contribution in [3.8, 4) is 11.5 Å². The minimum atomic E-state index is -0.386. The van der Waals surface area contributed by atoms with Crippen molar-refractivity contribution in [2.75, 3.05) is 32.6 Å². The highest BCUT2D eigenvalue weighted by Crippen LogP contribution is 2.37. The van der Waals surface area contributed by atoms with Gasteiger partial charge in [-0.15, -0.1) is 0 Å². The lowest BCUT2D eigenvalue weighted by atomic mass is 10.1. The number of amides is 2. The molecule has 1 N–H and O–H groups in total. The van der Waals surface area contributed by atoms with Gasteiger partial charge in [0.25, 0.3) is 11.8 Å². The van der Waals surface area contributed by atoms with Gasteiger partial charge in [-0.05, 0) is 45.4 Å². The molecule has 0 saturated heterocycles. The first kappa shape index (κ1) is 21.4. The molecule has 30 heavy (non-hydrogen) atoms. The maximum absolute atomic E-state index is 13.0. The molecule has 0 spiro atoms. The number of carbonyl (C=O) groups is 2.